The highest BCUT2D eigenvalue weighted by Gasteiger charge is 2.07. The first kappa shape index (κ1) is 8.48. The highest BCUT2D eigenvalue weighted by Crippen LogP contribution is 2.06. The Kier molecular flexibility index (Phi) is 3.29. The molecule has 0 fully saturated rings. The molecule has 0 aliphatic heterocycles. The van der Waals surface area contributed by atoms with Crippen LogP contribution >= 0.6 is 0 Å². The second kappa shape index (κ2) is 3.49. The zero-order valence-electron chi connectivity index (χ0n) is 6.44. The van der Waals surface area contributed by atoms with E-state index >= 15 is 0 Å². The summed E-state index contributed by atoms with van der Waals surface area (Å²) in [6.07, 6.45) is 0. The van der Waals surface area contributed by atoms with Gasteiger partial charge in [0.15, 0.2) is 0 Å². The Balaban J connectivity index is 4.04. The molecule has 0 spiro atoms. The van der Waals surface area contributed by atoms with Crippen LogP contribution in [-0.4, -0.2) is 6.04 Å². The van der Waals surface area contributed by atoms with Gasteiger partial charge in [0.05, 0.1) is 0 Å². The summed E-state index contributed by atoms with van der Waals surface area (Å²) in [6, 6.07) is 0.127. The number of nitrogens with two attached hydrogens (primary N) is 1. The van der Waals surface area contributed by atoms with E-state index in [1.807, 2.05) is 6.92 Å². The Morgan fingerprint density at radius 3 is 2.11 bits per heavy atom. The molecule has 0 aliphatic carbocycles. The first-order valence-corrected chi connectivity index (χ1v) is 3.21. The second-order valence-corrected chi connectivity index (χ2v) is 2.63. The van der Waals surface area contributed by atoms with Crippen LogP contribution in [0.5, 0.6) is 0 Å². The van der Waals surface area contributed by atoms with Crippen LogP contribution in [0.25, 0.3) is 0 Å². The van der Waals surface area contributed by atoms with Crippen LogP contribution in [0.15, 0.2) is 17.9 Å². The minimum absolute atomic E-state index is 0.127. The first-order chi connectivity index (χ1) is 4.09. The maximum Gasteiger partial charge on any atom is 0.0350 e. The quantitative estimate of drug-likeness (QED) is 0.558. The van der Waals surface area contributed by atoms with E-state index in [1.165, 1.54) is 0 Å². The molecule has 0 saturated heterocycles. The summed E-state index contributed by atoms with van der Waals surface area (Å²) in [5.74, 6) is 0.485. The van der Waals surface area contributed by atoms with Crippen LogP contribution in [0.1, 0.15) is 20.8 Å². The third kappa shape index (κ3) is 2.50. The largest absolute Gasteiger partial charge is 0.324 e. The van der Waals surface area contributed by atoms with E-state index in [4.69, 9.17) is 5.73 Å². The van der Waals surface area contributed by atoms with E-state index < -0.39 is 0 Å². The third-order valence-electron chi connectivity index (χ3n) is 1.50. The molecule has 0 aromatic rings. The summed E-state index contributed by atoms with van der Waals surface area (Å²) in [6.45, 7) is 9.66. The molecule has 1 unspecified atom stereocenters. The van der Waals surface area contributed by atoms with Crippen molar-refractivity contribution >= 4 is 0 Å². The number of rotatable bonds is 2. The van der Waals surface area contributed by atoms with Crippen LogP contribution in [0.3, 0.4) is 0 Å². The summed E-state index contributed by atoms with van der Waals surface area (Å²) in [5, 5.41) is 0. The Bertz CT molecular complexity index is 130. The summed E-state index contributed by atoms with van der Waals surface area (Å²) in [4.78, 5) is 0. The predicted molar refractivity (Wildman–Crippen MR) is 41.1 cm³/mol. The Labute approximate surface area is 57.3 Å². The molecule has 0 aromatic carbocycles. The second-order valence-electron chi connectivity index (χ2n) is 2.63. The Morgan fingerprint density at radius 2 is 2.00 bits per heavy atom. The summed E-state index contributed by atoms with van der Waals surface area (Å²) >= 11 is 0. The van der Waals surface area contributed by atoms with Crippen molar-refractivity contribution in [1.82, 2.24) is 0 Å². The van der Waals surface area contributed by atoms with Crippen molar-refractivity contribution in [2.45, 2.75) is 26.8 Å². The summed E-state index contributed by atoms with van der Waals surface area (Å²) < 4.78 is 0. The van der Waals surface area contributed by atoms with Crippen LogP contribution in [0, 0.1) is 5.92 Å². The van der Waals surface area contributed by atoms with Gasteiger partial charge in [-0.25, -0.2) is 0 Å². The molecule has 0 rings (SSSR count). The SMILES string of the molecule is C=C=C(C)C(N)C(C)C. The minimum Gasteiger partial charge on any atom is -0.324 e. The number of hydrogen-bond donors (Lipinski definition) is 1. The first-order valence-electron chi connectivity index (χ1n) is 3.21. The Morgan fingerprint density at radius 1 is 1.56 bits per heavy atom. The van der Waals surface area contributed by atoms with Crippen LogP contribution < -0.4 is 5.73 Å². The fourth-order valence-electron chi connectivity index (χ4n) is 0.618. The van der Waals surface area contributed by atoms with Gasteiger partial charge in [0.1, 0.15) is 0 Å². The van der Waals surface area contributed by atoms with Gasteiger partial charge in [-0.3, -0.25) is 0 Å². The molecule has 0 aliphatic rings. The van der Waals surface area contributed by atoms with E-state index in [0.717, 1.165) is 5.57 Å². The van der Waals surface area contributed by atoms with Crippen molar-refractivity contribution < 1.29 is 0 Å². The molecule has 0 bridgehead atoms. The van der Waals surface area contributed by atoms with Crippen molar-refractivity contribution in [2.75, 3.05) is 0 Å². The van der Waals surface area contributed by atoms with Crippen molar-refractivity contribution in [2.24, 2.45) is 11.7 Å². The van der Waals surface area contributed by atoms with Crippen LogP contribution in [0.2, 0.25) is 0 Å². The molecule has 0 amide bonds. The van der Waals surface area contributed by atoms with Crippen molar-refractivity contribution in [1.29, 1.82) is 0 Å². The van der Waals surface area contributed by atoms with Gasteiger partial charge in [-0.15, -0.1) is 5.73 Å². The fourth-order valence-corrected chi connectivity index (χ4v) is 0.618. The molecule has 1 atom stereocenters. The highest BCUT2D eigenvalue weighted by molar-refractivity contribution is 5.04. The van der Waals surface area contributed by atoms with Gasteiger partial charge < -0.3 is 5.73 Å². The van der Waals surface area contributed by atoms with Gasteiger partial charge in [-0.05, 0) is 18.4 Å². The molecule has 0 saturated carbocycles. The van der Waals surface area contributed by atoms with E-state index in [1.54, 1.807) is 0 Å². The smallest absolute Gasteiger partial charge is 0.0350 e. The molecule has 2 N–H and O–H groups in total. The van der Waals surface area contributed by atoms with Crippen molar-refractivity contribution in [3.8, 4) is 0 Å². The summed E-state index contributed by atoms with van der Waals surface area (Å²) in [5.41, 5.74) is 9.56. The highest BCUT2D eigenvalue weighted by atomic mass is 14.6. The van der Waals surface area contributed by atoms with Gasteiger partial charge in [0, 0.05) is 6.04 Å². The molecule has 9 heavy (non-hydrogen) atoms. The zero-order chi connectivity index (χ0) is 7.44. The standard InChI is InChI=1S/C8H15N/c1-5-7(4)8(9)6(2)3/h6,8H,1,9H2,2-4H3. The molecule has 0 heterocycles. The zero-order valence-corrected chi connectivity index (χ0v) is 6.44. The van der Waals surface area contributed by atoms with Gasteiger partial charge in [0.2, 0.25) is 0 Å². The molecule has 0 aromatic heterocycles. The fraction of sp³-hybridized carbons (Fsp3) is 0.625. The topological polar surface area (TPSA) is 26.0 Å². The monoisotopic (exact) mass is 125 g/mol. The molecule has 1 heteroatoms. The third-order valence-corrected chi connectivity index (χ3v) is 1.50. The lowest BCUT2D eigenvalue weighted by atomic mass is 9.99. The Hall–Kier alpha value is -0.520. The van der Waals surface area contributed by atoms with E-state index in [-0.39, 0.29) is 6.04 Å². The molecular weight excluding hydrogens is 110 g/mol. The minimum atomic E-state index is 0.127. The molecule has 0 radical (unpaired) electrons. The van der Waals surface area contributed by atoms with E-state index in [2.05, 4.69) is 26.2 Å². The van der Waals surface area contributed by atoms with Crippen LogP contribution in [-0.2, 0) is 0 Å². The van der Waals surface area contributed by atoms with Crippen molar-refractivity contribution in [3.05, 3.63) is 17.9 Å². The lowest BCUT2D eigenvalue weighted by Gasteiger charge is -2.13. The van der Waals surface area contributed by atoms with Crippen LogP contribution in [0.4, 0.5) is 0 Å². The van der Waals surface area contributed by atoms with Gasteiger partial charge in [0.25, 0.3) is 0 Å². The maximum atomic E-state index is 5.73. The molecule has 1 nitrogen and oxygen atoms in total. The number of hydrogen-bond acceptors (Lipinski definition) is 1. The molecular formula is C8H15N. The normalized spacial score (nSPS) is 13.0. The van der Waals surface area contributed by atoms with E-state index in [9.17, 15) is 0 Å². The lowest BCUT2D eigenvalue weighted by molar-refractivity contribution is 0.549. The lowest BCUT2D eigenvalue weighted by Crippen LogP contribution is -2.26. The van der Waals surface area contributed by atoms with Crippen molar-refractivity contribution in [3.63, 3.8) is 0 Å². The van der Waals surface area contributed by atoms with Gasteiger partial charge in [-0.2, -0.15) is 0 Å². The maximum absolute atomic E-state index is 5.73. The average molecular weight is 125 g/mol. The van der Waals surface area contributed by atoms with E-state index in [0.29, 0.717) is 5.92 Å². The average Bonchev–Trinajstić information content (AvgIpc) is 1.84. The van der Waals surface area contributed by atoms with Gasteiger partial charge >= 0.3 is 0 Å². The van der Waals surface area contributed by atoms with Gasteiger partial charge in [-0.1, -0.05) is 20.4 Å². The predicted octanol–water partition coefficient (Wildman–Crippen LogP) is 1.70. The molecule has 52 valence electrons. The summed E-state index contributed by atoms with van der Waals surface area (Å²) in [7, 11) is 0.